The zero-order valence-electron chi connectivity index (χ0n) is 13.5. The lowest BCUT2D eigenvalue weighted by atomic mass is 10.1. The Bertz CT molecular complexity index is 923. The number of hydrogen-bond donors (Lipinski definition) is 1. The molecule has 0 unspecified atom stereocenters. The molecule has 2 heterocycles. The topological polar surface area (TPSA) is 90.1 Å². The van der Waals surface area contributed by atoms with Crippen LogP contribution in [0.25, 0.3) is 10.2 Å². The van der Waals surface area contributed by atoms with Crippen LogP contribution in [0, 0.1) is 17.0 Å². The lowest BCUT2D eigenvalue weighted by molar-refractivity contribution is -0.385. The van der Waals surface area contributed by atoms with Gasteiger partial charge in [0, 0.05) is 29.8 Å². The molecular weight excluding hydrogens is 328 g/mol. The van der Waals surface area contributed by atoms with Gasteiger partial charge in [0.25, 0.3) is 11.6 Å². The van der Waals surface area contributed by atoms with Crippen LogP contribution in [-0.4, -0.2) is 20.6 Å². The molecule has 7 nitrogen and oxygen atoms in total. The van der Waals surface area contributed by atoms with Gasteiger partial charge in [-0.25, -0.2) is 0 Å². The highest BCUT2D eigenvalue weighted by atomic mass is 32.1. The van der Waals surface area contributed by atoms with Gasteiger partial charge in [0.2, 0.25) is 0 Å². The Morgan fingerprint density at radius 1 is 1.42 bits per heavy atom. The van der Waals surface area contributed by atoms with E-state index in [1.165, 1.54) is 17.4 Å². The summed E-state index contributed by atoms with van der Waals surface area (Å²) in [7, 11) is 1.83. The summed E-state index contributed by atoms with van der Waals surface area (Å²) in [6.07, 6.45) is 0.563. The molecule has 0 saturated carbocycles. The van der Waals surface area contributed by atoms with Gasteiger partial charge in [-0.3, -0.25) is 19.6 Å². The Labute approximate surface area is 142 Å². The third kappa shape index (κ3) is 2.76. The molecule has 1 N–H and O–H groups in total. The SMILES string of the molecule is CCc1ccc(NC(=O)c2cc3c(C)nn(C)c3s2)cc1[N+](=O)[O-]. The average molecular weight is 344 g/mol. The first-order valence-corrected chi connectivity index (χ1v) is 8.24. The Morgan fingerprint density at radius 3 is 2.79 bits per heavy atom. The van der Waals surface area contributed by atoms with Crippen LogP contribution in [0.2, 0.25) is 0 Å². The van der Waals surface area contributed by atoms with E-state index in [1.54, 1.807) is 22.9 Å². The molecule has 0 spiro atoms. The summed E-state index contributed by atoms with van der Waals surface area (Å²) in [4.78, 5) is 24.6. The highest BCUT2D eigenvalue weighted by Crippen LogP contribution is 2.29. The molecule has 0 aliphatic carbocycles. The Balaban J connectivity index is 1.89. The molecule has 0 aliphatic rings. The number of amides is 1. The molecule has 124 valence electrons. The molecular formula is C16H16N4O3S. The predicted octanol–water partition coefficient (Wildman–Crippen LogP) is 3.67. The first-order chi connectivity index (χ1) is 11.4. The maximum Gasteiger partial charge on any atom is 0.274 e. The van der Waals surface area contributed by atoms with Gasteiger partial charge >= 0.3 is 0 Å². The second-order valence-electron chi connectivity index (χ2n) is 5.45. The van der Waals surface area contributed by atoms with Gasteiger partial charge in [-0.2, -0.15) is 5.10 Å². The summed E-state index contributed by atoms with van der Waals surface area (Å²) < 4.78 is 1.74. The number of aryl methyl sites for hydroxylation is 3. The van der Waals surface area contributed by atoms with Gasteiger partial charge < -0.3 is 5.32 Å². The van der Waals surface area contributed by atoms with E-state index in [0.29, 0.717) is 22.5 Å². The lowest BCUT2D eigenvalue weighted by Crippen LogP contribution is -2.10. The van der Waals surface area contributed by atoms with Crippen LogP contribution < -0.4 is 5.32 Å². The van der Waals surface area contributed by atoms with Gasteiger partial charge in [0.1, 0.15) is 4.83 Å². The fourth-order valence-corrected chi connectivity index (χ4v) is 3.64. The zero-order chi connectivity index (χ0) is 17.4. The number of aromatic nitrogens is 2. The number of nitrogens with zero attached hydrogens (tertiary/aromatic N) is 3. The fraction of sp³-hybridized carbons (Fsp3) is 0.250. The number of fused-ring (bicyclic) bond motifs is 1. The summed E-state index contributed by atoms with van der Waals surface area (Å²) in [5.41, 5.74) is 1.94. The highest BCUT2D eigenvalue weighted by molar-refractivity contribution is 7.20. The first-order valence-electron chi connectivity index (χ1n) is 7.42. The van der Waals surface area contributed by atoms with Crippen molar-refractivity contribution in [1.82, 2.24) is 9.78 Å². The van der Waals surface area contributed by atoms with Crippen LogP contribution in [0.5, 0.6) is 0 Å². The van der Waals surface area contributed by atoms with Crippen LogP contribution in [0.4, 0.5) is 11.4 Å². The number of carbonyl (C=O) groups excluding carboxylic acids is 1. The molecule has 3 rings (SSSR count). The molecule has 0 radical (unpaired) electrons. The minimum atomic E-state index is -0.428. The van der Waals surface area contributed by atoms with Crippen molar-refractivity contribution in [2.24, 2.45) is 7.05 Å². The predicted molar refractivity (Wildman–Crippen MR) is 93.8 cm³/mol. The number of nitro groups is 1. The number of nitrogens with one attached hydrogen (secondary N) is 1. The van der Waals surface area contributed by atoms with Crippen molar-refractivity contribution in [2.45, 2.75) is 20.3 Å². The number of thiophene rings is 1. The molecule has 0 atom stereocenters. The summed E-state index contributed by atoms with van der Waals surface area (Å²) in [6.45, 7) is 3.75. The van der Waals surface area contributed by atoms with Crippen molar-refractivity contribution in [2.75, 3.05) is 5.32 Å². The van der Waals surface area contributed by atoms with Gasteiger partial charge in [-0.1, -0.05) is 13.0 Å². The van der Waals surface area contributed by atoms with E-state index in [-0.39, 0.29) is 11.6 Å². The van der Waals surface area contributed by atoms with E-state index >= 15 is 0 Å². The van der Waals surface area contributed by atoms with Crippen LogP contribution in [0.3, 0.4) is 0 Å². The number of hydrogen-bond acceptors (Lipinski definition) is 5. The Kier molecular flexibility index (Phi) is 4.06. The van der Waals surface area contributed by atoms with E-state index in [2.05, 4.69) is 10.4 Å². The van der Waals surface area contributed by atoms with E-state index < -0.39 is 4.92 Å². The molecule has 1 aromatic carbocycles. The molecule has 24 heavy (non-hydrogen) atoms. The van der Waals surface area contributed by atoms with Crippen molar-refractivity contribution in [3.05, 3.63) is 50.5 Å². The van der Waals surface area contributed by atoms with Crippen LogP contribution >= 0.6 is 11.3 Å². The summed E-state index contributed by atoms with van der Waals surface area (Å²) in [5.74, 6) is -0.283. The first kappa shape index (κ1) is 16.1. The van der Waals surface area contributed by atoms with Crippen LogP contribution in [0.1, 0.15) is 27.9 Å². The van der Waals surface area contributed by atoms with Crippen molar-refractivity contribution >= 4 is 38.8 Å². The normalized spacial score (nSPS) is 11.0. The second-order valence-corrected chi connectivity index (χ2v) is 6.48. The van der Waals surface area contributed by atoms with Crippen LogP contribution in [0.15, 0.2) is 24.3 Å². The maximum absolute atomic E-state index is 12.4. The smallest absolute Gasteiger partial charge is 0.274 e. The van der Waals surface area contributed by atoms with Crippen molar-refractivity contribution in [1.29, 1.82) is 0 Å². The van der Waals surface area contributed by atoms with Gasteiger partial charge in [-0.05, 0) is 25.5 Å². The number of benzene rings is 1. The highest BCUT2D eigenvalue weighted by Gasteiger charge is 2.17. The van der Waals surface area contributed by atoms with E-state index in [1.807, 2.05) is 20.9 Å². The fourth-order valence-electron chi connectivity index (χ4n) is 2.62. The van der Waals surface area contributed by atoms with Crippen LogP contribution in [-0.2, 0) is 13.5 Å². The van der Waals surface area contributed by atoms with E-state index in [4.69, 9.17) is 0 Å². The third-order valence-electron chi connectivity index (χ3n) is 3.84. The van der Waals surface area contributed by atoms with Gasteiger partial charge in [0.05, 0.1) is 15.5 Å². The Morgan fingerprint density at radius 2 is 2.17 bits per heavy atom. The number of carbonyl (C=O) groups is 1. The summed E-state index contributed by atoms with van der Waals surface area (Å²) in [5, 5.41) is 19.1. The number of rotatable bonds is 4. The van der Waals surface area contributed by atoms with Crippen molar-refractivity contribution in [3.63, 3.8) is 0 Å². The molecule has 8 heteroatoms. The lowest BCUT2D eigenvalue weighted by Gasteiger charge is -2.06. The molecule has 1 amide bonds. The second kappa shape index (κ2) is 6.04. The molecule has 0 aliphatic heterocycles. The minimum Gasteiger partial charge on any atom is -0.321 e. The molecule has 0 bridgehead atoms. The van der Waals surface area contributed by atoms with E-state index in [9.17, 15) is 14.9 Å². The minimum absolute atomic E-state index is 0.0201. The number of anilines is 1. The monoisotopic (exact) mass is 344 g/mol. The zero-order valence-corrected chi connectivity index (χ0v) is 14.3. The average Bonchev–Trinajstić information content (AvgIpc) is 3.09. The quantitative estimate of drug-likeness (QED) is 0.577. The standard InChI is InChI=1S/C16H16N4O3S/c1-4-10-5-6-11(7-13(10)20(22)23)17-15(21)14-8-12-9(2)18-19(3)16(12)24-14/h5-8H,4H2,1-3H3,(H,17,21). The van der Waals surface area contributed by atoms with E-state index in [0.717, 1.165) is 15.9 Å². The largest absolute Gasteiger partial charge is 0.321 e. The molecule has 0 fully saturated rings. The maximum atomic E-state index is 12.4. The number of nitro benzene ring substituents is 1. The Hall–Kier alpha value is -2.74. The summed E-state index contributed by atoms with van der Waals surface area (Å²) in [6, 6.07) is 6.56. The third-order valence-corrected chi connectivity index (χ3v) is 5.04. The van der Waals surface area contributed by atoms with Crippen molar-refractivity contribution < 1.29 is 9.72 Å². The van der Waals surface area contributed by atoms with Gasteiger partial charge in [-0.15, -0.1) is 11.3 Å². The van der Waals surface area contributed by atoms with Crippen molar-refractivity contribution in [3.8, 4) is 0 Å². The summed E-state index contributed by atoms with van der Waals surface area (Å²) >= 11 is 1.34. The van der Waals surface area contributed by atoms with Gasteiger partial charge in [0.15, 0.2) is 0 Å². The molecule has 2 aromatic heterocycles. The molecule has 0 saturated heterocycles. The molecule has 3 aromatic rings.